The lowest BCUT2D eigenvalue weighted by atomic mass is 9.81. The Balaban J connectivity index is 0.000000159. The van der Waals surface area contributed by atoms with Crippen LogP contribution in [0.2, 0.25) is 0 Å². The number of rotatable bonds is 23. The first-order valence-electron chi connectivity index (χ1n) is 35.9. The molecule has 21 heteroatoms. The first-order valence-corrected chi connectivity index (χ1v) is 35.9. The number of carbonyl (C=O) groups is 3. The molecule has 3 amide bonds. The fraction of sp³-hybridized carbons (Fsp3) is 0.532. The lowest BCUT2D eigenvalue weighted by Gasteiger charge is -2.38. The molecule has 20 nitrogen and oxygen atoms in total. The van der Waals surface area contributed by atoms with E-state index in [1.807, 2.05) is 118 Å². The minimum absolute atomic E-state index is 0.0252. The van der Waals surface area contributed by atoms with Crippen molar-refractivity contribution in [2.24, 2.45) is 35.5 Å². The van der Waals surface area contributed by atoms with E-state index < -0.39 is 0 Å². The van der Waals surface area contributed by atoms with Gasteiger partial charge in [-0.25, -0.2) is 15.0 Å². The fourth-order valence-corrected chi connectivity index (χ4v) is 14.9. The molecule has 3 saturated carbocycles. The second-order valence-electron chi connectivity index (χ2n) is 27.1. The number of hydrogen-bond acceptors (Lipinski definition) is 17. The molecule has 6 aromatic rings. The number of aliphatic hydroxyl groups is 1. The number of hydrogen-bond donors (Lipinski definition) is 3. The van der Waals surface area contributed by atoms with Crippen molar-refractivity contribution in [2.75, 3.05) is 181 Å². The summed E-state index contributed by atoms with van der Waals surface area (Å²) in [6.45, 7) is 15.7. The van der Waals surface area contributed by atoms with E-state index in [1.165, 1.54) is 0 Å². The molecule has 3 N–H and O–H groups in total. The van der Waals surface area contributed by atoms with Gasteiger partial charge in [-0.15, -0.1) is 0 Å². The van der Waals surface area contributed by atoms with Gasteiger partial charge in [-0.05, 0) is 168 Å². The number of phenols is 2. The first kappa shape index (κ1) is 72.8. The van der Waals surface area contributed by atoms with Crippen LogP contribution < -0.4 is 34.1 Å². The number of ether oxygens (including phenoxy) is 2. The Bertz CT molecular complexity index is 3320. The standard InChI is InChI=1S/2C26H36N4O3.C25H33FN4O2/c1-33-20-21-9-11-22(12-10-21)26(32)30(25-8-4-5-13-27-25)19-16-28-14-17-29(18-15-28)23-6-2-3-7-24(23)31;1-33-24-7-3-2-6-23(24)29-17-14-28(15-18-29)16-19-30(25-8-4-5-13-27-25)26(32)22-11-9-21(20-31)10-12-22;26-19-20-8-10-21(11-9-20)25(32)30(24-7-3-4-12-27-24)18-15-28-13-16-29(17-14-28)22-5-1-2-6-23(22)31/h2*2-8,13,21-22,31H,9-12,14-20H2,1H3;1-7,12,20-21,31H,8-11,13-19H2. The van der Waals surface area contributed by atoms with Gasteiger partial charge in [-0.2, -0.15) is 0 Å². The number of para-hydroxylation sites is 6. The molecule has 0 bridgehead atoms. The van der Waals surface area contributed by atoms with E-state index in [-0.39, 0.29) is 54.7 Å². The molecule has 0 unspecified atom stereocenters. The molecule has 6 aliphatic rings. The number of nitrogens with zero attached hydrogens (tertiary/aromatic N) is 12. The van der Waals surface area contributed by atoms with Crippen LogP contribution in [0, 0.1) is 35.5 Å². The van der Waals surface area contributed by atoms with E-state index in [4.69, 9.17) is 9.47 Å². The fourth-order valence-electron chi connectivity index (χ4n) is 14.9. The molecule has 0 atom stereocenters. The number of alkyl halides is 1. The molecule has 0 spiro atoms. The van der Waals surface area contributed by atoms with Crippen molar-refractivity contribution >= 4 is 52.2 Å². The normalized spacial score (nSPS) is 21.7. The summed E-state index contributed by atoms with van der Waals surface area (Å²) < 4.78 is 23.8. The summed E-state index contributed by atoms with van der Waals surface area (Å²) in [5, 5.41) is 29.7. The van der Waals surface area contributed by atoms with Crippen LogP contribution in [0.3, 0.4) is 0 Å². The van der Waals surface area contributed by atoms with Crippen LogP contribution in [0.5, 0.6) is 17.2 Å². The third-order valence-electron chi connectivity index (χ3n) is 20.9. The maximum atomic E-state index is 13.5. The molecule has 0 radical (unpaired) electrons. The predicted octanol–water partition coefficient (Wildman–Crippen LogP) is 10.2. The number of amides is 3. The monoisotopic (exact) mass is 1340 g/mol. The molecule has 3 saturated heterocycles. The largest absolute Gasteiger partial charge is 0.506 e. The van der Waals surface area contributed by atoms with Crippen LogP contribution in [0.15, 0.2) is 146 Å². The van der Waals surface area contributed by atoms with Crippen molar-refractivity contribution < 1.29 is 43.6 Å². The SMILES string of the molecule is COCC1CCC(C(=O)N(CCN2CCN(c3ccccc3O)CC2)c2ccccn2)CC1.COc1ccccc1N1CCN(CCN(C(=O)C2CCC(CO)CC2)c2ccccn2)CC1.O=C(C1CCC(CF)CC1)N(CCN1CCN(c2ccccc2O)CC1)c1ccccn1. The highest BCUT2D eigenvalue weighted by molar-refractivity contribution is 5.95. The molecule has 98 heavy (non-hydrogen) atoms. The minimum Gasteiger partial charge on any atom is -0.506 e. The smallest absolute Gasteiger partial charge is 0.231 e. The zero-order valence-corrected chi connectivity index (χ0v) is 57.8. The lowest BCUT2D eigenvalue weighted by Crippen LogP contribution is -2.50. The van der Waals surface area contributed by atoms with Crippen molar-refractivity contribution in [1.29, 1.82) is 0 Å². The zero-order chi connectivity index (χ0) is 68.4. The number of aliphatic hydroxyl groups excluding tert-OH is 1. The van der Waals surface area contributed by atoms with Crippen molar-refractivity contribution in [3.05, 3.63) is 146 Å². The molecular formula is C77H105FN12O8. The van der Waals surface area contributed by atoms with Crippen molar-refractivity contribution in [2.45, 2.75) is 77.0 Å². The summed E-state index contributed by atoms with van der Waals surface area (Å²) in [5.41, 5.74) is 2.91. The number of halogens is 1. The molecule has 3 aromatic heterocycles. The quantitative estimate of drug-likeness (QED) is 0.0547. The maximum Gasteiger partial charge on any atom is 0.231 e. The van der Waals surface area contributed by atoms with Gasteiger partial charge in [0.05, 0.1) is 30.8 Å². The molecule has 12 rings (SSSR count). The number of pyridine rings is 3. The summed E-state index contributed by atoms with van der Waals surface area (Å²) in [6.07, 6.45) is 15.8. The Kier molecular flexibility index (Phi) is 28.1. The molecule has 6 fully saturated rings. The van der Waals surface area contributed by atoms with E-state index in [0.717, 1.165) is 216 Å². The molecule has 528 valence electrons. The minimum atomic E-state index is -0.280. The van der Waals surface area contributed by atoms with Gasteiger partial charge in [-0.1, -0.05) is 54.6 Å². The van der Waals surface area contributed by atoms with Gasteiger partial charge in [0.1, 0.15) is 34.7 Å². The van der Waals surface area contributed by atoms with Crippen molar-refractivity contribution in [1.82, 2.24) is 29.7 Å². The molecule has 3 aromatic carbocycles. The molecular weight excluding hydrogens is 1240 g/mol. The van der Waals surface area contributed by atoms with Crippen LogP contribution in [0.25, 0.3) is 0 Å². The van der Waals surface area contributed by atoms with Gasteiger partial charge in [0.2, 0.25) is 17.7 Å². The highest BCUT2D eigenvalue weighted by Gasteiger charge is 2.35. The Morgan fingerprint density at radius 2 is 0.755 bits per heavy atom. The lowest BCUT2D eigenvalue weighted by molar-refractivity contribution is -0.124. The molecule has 3 aliphatic heterocycles. The number of aromatic hydroxyl groups is 2. The Morgan fingerprint density at radius 3 is 1.08 bits per heavy atom. The number of phenolic OH excluding ortho intramolecular Hbond substituents is 2. The van der Waals surface area contributed by atoms with Gasteiger partial charge < -0.3 is 39.5 Å². The number of anilines is 6. The summed E-state index contributed by atoms with van der Waals surface area (Å²) in [4.78, 5) is 73.4. The van der Waals surface area contributed by atoms with Crippen molar-refractivity contribution in [3.8, 4) is 17.2 Å². The third kappa shape index (κ3) is 20.4. The van der Waals surface area contributed by atoms with Gasteiger partial charge in [0, 0.05) is 174 Å². The van der Waals surface area contributed by atoms with Crippen LogP contribution in [0.4, 0.5) is 38.9 Å². The number of benzene rings is 3. The summed E-state index contributed by atoms with van der Waals surface area (Å²) in [5.74, 6) is 5.31. The summed E-state index contributed by atoms with van der Waals surface area (Å²) in [6, 6.07) is 40.3. The Morgan fingerprint density at radius 1 is 0.429 bits per heavy atom. The molecule has 6 heterocycles. The maximum absolute atomic E-state index is 13.5. The third-order valence-corrected chi connectivity index (χ3v) is 20.9. The summed E-state index contributed by atoms with van der Waals surface area (Å²) >= 11 is 0. The van der Waals surface area contributed by atoms with Gasteiger partial charge in [-0.3, -0.25) is 48.2 Å². The predicted molar refractivity (Wildman–Crippen MR) is 386 cm³/mol. The molecule has 3 aliphatic carbocycles. The van der Waals surface area contributed by atoms with Gasteiger partial charge in [0.25, 0.3) is 0 Å². The topological polar surface area (TPSA) is 198 Å². The number of methoxy groups -OCH3 is 2. The van der Waals surface area contributed by atoms with E-state index in [9.17, 15) is 34.1 Å². The van der Waals surface area contributed by atoms with Crippen LogP contribution in [-0.2, 0) is 19.1 Å². The summed E-state index contributed by atoms with van der Waals surface area (Å²) in [7, 11) is 3.47. The van der Waals surface area contributed by atoms with Crippen molar-refractivity contribution in [3.63, 3.8) is 0 Å². The average Bonchev–Trinajstić information content (AvgIpc) is 0.938. The number of piperazine rings is 3. The average molecular weight is 1350 g/mol. The second kappa shape index (κ2) is 37.9. The van der Waals surface area contributed by atoms with E-state index in [0.29, 0.717) is 48.8 Å². The Labute approximate surface area is 580 Å². The van der Waals surface area contributed by atoms with Gasteiger partial charge >= 0.3 is 0 Å². The van der Waals surface area contributed by atoms with Crippen LogP contribution in [-0.4, -0.2) is 215 Å². The highest BCUT2D eigenvalue weighted by atomic mass is 19.1. The van der Waals surface area contributed by atoms with E-state index in [2.05, 4.69) is 56.5 Å². The van der Waals surface area contributed by atoms with E-state index >= 15 is 0 Å². The zero-order valence-electron chi connectivity index (χ0n) is 57.8. The number of carbonyl (C=O) groups excluding carboxylic acids is 3. The van der Waals surface area contributed by atoms with Crippen LogP contribution in [0.1, 0.15) is 77.0 Å². The van der Waals surface area contributed by atoms with E-state index in [1.54, 1.807) is 44.9 Å². The second-order valence-corrected chi connectivity index (χ2v) is 27.1. The number of aromatic nitrogens is 3. The van der Waals surface area contributed by atoms with Crippen LogP contribution >= 0.6 is 0 Å². The van der Waals surface area contributed by atoms with Gasteiger partial charge in [0.15, 0.2) is 0 Å². The first-order chi connectivity index (χ1) is 48.0. The Hall–Kier alpha value is -7.95. The highest BCUT2D eigenvalue weighted by Crippen LogP contribution is 2.36.